The molecule has 0 N–H and O–H groups in total. The van der Waals surface area contributed by atoms with E-state index in [1.807, 2.05) is 0 Å². The quantitative estimate of drug-likeness (QED) is 0.367. The van der Waals surface area contributed by atoms with E-state index in [9.17, 15) is 19.5 Å². The summed E-state index contributed by atoms with van der Waals surface area (Å²) in [7, 11) is 4.12. The number of carboxylic acids is 1. The molecule has 1 aromatic rings. The van der Waals surface area contributed by atoms with Gasteiger partial charge in [0.25, 0.3) is 0 Å². The molecule has 2 fully saturated rings. The minimum Gasteiger partial charge on any atom is -0.539 e. The summed E-state index contributed by atoms with van der Waals surface area (Å²) in [5, 5.41) is 11.1. The monoisotopic (exact) mass is 469 g/mol. The Hall–Kier alpha value is -1.93. The number of likely N-dealkylation sites (tertiary alicyclic amines) is 1. The molecule has 7 nitrogen and oxygen atoms in total. The maximum atomic E-state index is 13.5. The van der Waals surface area contributed by atoms with Gasteiger partial charge < -0.3 is 23.9 Å². The fourth-order valence-corrected chi connectivity index (χ4v) is 4.47. The van der Waals surface area contributed by atoms with E-state index in [1.54, 1.807) is 30.3 Å². The number of carbonyl (C=O) groups excluding carboxylic acids is 3. The van der Waals surface area contributed by atoms with Crippen LogP contribution in [0.25, 0.3) is 0 Å². The van der Waals surface area contributed by atoms with E-state index < -0.39 is 23.5 Å². The highest BCUT2D eigenvalue weighted by atomic mass is 79.9. The van der Waals surface area contributed by atoms with Crippen molar-refractivity contribution < 1.29 is 33.4 Å². The Balaban J connectivity index is 0.00000300. The molecule has 8 heteroatoms. The van der Waals surface area contributed by atoms with Crippen LogP contribution in [0.5, 0.6) is 0 Å². The Morgan fingerprint density at radius 2 is 1.69 bits per heavy atom. The minimum absolute atomic E-state index is 0. The van der Waals surface area contributed by atoms with Gasteiger partial charge in [0.2, 0.25) is 5.60 Å². The lowest BCUT2D eigenvalue weighted by Crippen LogP contribution is -2.51. The standard InChI is InChI=1S/C21H27NO6.BrH/c1-22(2)13-12-17(14-22)27-20(26)21(16-10-6-7-11-16,28-19(25)18(23)24)15-8-4-3-5-9-15;/h3-5,8-9,16-17H,6-7,10-14H2,1-2H3;1H. The lowest BCUT2D eigenvalue weighted by Gasteiger charge is -2.37. The molecule has 1 heterocycles. The molecule has 160 valence electrons. The number of hydrogen-bond donors (Lipinski definition) is 0. The third-order valence-electron chi connectivity index (χ3n) is 5.88. The molecule has 0 bridgehead atoms. The summed E-state index contributed by atoms with van der Waals surface area (Å²) in [6.45, 7) is 1.54. The van der Waals surface area contributed by atoms with Gasteiger partial charge in [0.15, 0.2) is 12.1 Å². The number of hydrogen-bond acceptors (Lipinski definition) is 6. The topological polar surface area (TPSA) is 92.7 Å². The lowest BCUT2D eigenvalue weighted by atomic mass is 9.79. The maximum absolute atomic E-state index is 13.5. The lowest BCUT2D eigenvalue weighted by molar-refractivity contribution is -0.879. The highest BCUT2D eigenvalue weighted by Gasteiger charge is 2.54. The molecule has 3 rings (SSSR count). The van der Waals surface area contributed by atoms with Crippen molar-refractivity contribution in [2.75, 3.05) is 27.2 Å². The van der Waals surface area contributed by atoms with E-state index in [0.29, 0.717) is 31.4 Å². The van der Waals surface area contributed by atoms with Crippen LogP contribution in [0.1, 0.15) is 37.7 Å². The summed E-state index contributed by atoms with van der Waals surface area (Å²) in [6, 6.07) is 8.60. The Bertz CT molecular complexity index is 747. The Kier molecular flexibility index (Phi) is 7.45. The number of carbonyl (C=O) groups is 3. The summed E-state index contributed by atoms with van der Waals surface area (Å²) in [5.74, 6) is -4.54. The van der Waals surface area contributed by atoms with E-state index in [0.717, 1.165) is 23.9 Å². The van der Waals surface area contributed by atoms with Gasteiger partial charge in [-0.2, -0.15) is 0 Å². The second-order valence-corrected chi connectivity index (χ2v) is 8.42. The van der Waals surface area contributed by atoms with Gasteiger partial charge in [-0.05, 0) is 12.8 Å². The average Bonchev–Trinajstić information content (AvgIpc) is 3.30. The van der Waals surface area contributed by atoms with Gasteiger partial charge in [-0.3, -0.25) is 0 Å². The van der Waals surface area contributed by atoms with Crippen molar-refractivity contribution in [3.05, 3.63) is 35.9 Å². The number of carboxylic acid groups (broad SMARTS) is 1. The number of nitrogens with zero attached hydrogens (tertiary/aromatic N) is 1. The molecule has 0 amide bonds. The number of rotatable bonds is 5. The number of quaternary nitrogens is 1. The number of ether oxygens (including phenoxy) is 2. The molecule has 1 saturated heterocycles. The van der Waals surface area contributed by atoms with Gasteiger partial charge in [-0.25, -0.2) is 9.59 Å². The number of halogens is 1. The molecule has 1 aromatic carbocycles. The molecule has 2 atom stereocenters. The first kappa shape index (κ1) is 23.3. The SMILES string of the molecule is Br.C[N+]1(C)CCC(OC(=O)C(OC(=O)C(=O)[O-])(c2ccccc2)C2CCCC2)C1. The van der Waals surface area contributed by atoms with Crippen molar-refractivity contribution in [1.82, 2.24) is 0 Å². The number of aliphatic carboxylic acids is 1. The molecule has 1 aliphatic carbocycles. The van der Waals surface area contributed by atoms with Crippen molar-refractivity contribution in [1.29, 1.82) is 0 Å². The maximum Gasteiger partial charge on any atom is 0.356 e. The van der Waals surface area contributed by atoms with Crippen molar-refractivity contribution in [2.45, 2.75) is 43.8 Å². The van der Waals surface area contributed by atoms with Crippen LogP contribution in [-0.2, 0) is 29.5 Å². The summed E-state index contributed by atoms with van der Waals surface area (Å²) < 4.78 is 12.0. The summed E-state index contributed by atoms with van der Waals surface area (Å²) in [6.07, 6.45) is 3.47. The fraction of sp³-hybridized carbons (Fsp3) is 0.571. The van der Waals surface area contributed by atoms with E-state index in [-0.39, 0.29) is 29.0 Å². The zero-order chi connectivity index (χ0) is 20.4. The normalized spacial score (nSPS) is 22.9. The van der Waals surface area contributed by atoms with Gasteiger partial charge >= 0.3 is 11.9 Å². The molecule has 2 unspecified atom stereocenters. The van der Waals surface area contributed by atoms with Crippen LogP contribution >= 0.6 is 17.0 Å². The van der Waals surface area contributed by atoms with Crippen LogP contribution < -0.4 is 5.11 Å². The predicted molar refractivity (Wildman–Crippen MR) is 108 cm³/mol. The van der Waals surface area contributed by atoms with Gasteiger partial charge in [-0.1, -0.05) is 43.2 Å². The number of esters is 2. The Morgan fingerprint density at radius 3 is 2.21 bits per heavy atom. The van der Waals surface area contributed by atoms with E-state index in [2.05, 4.69) is 14.1 Å². The van der Waals surface area contributed by atoms with Crippen LogP contribution in [0.4, 0.5) is 0 Å². The molecular formula is C21H28BrNO6. The van der Waals surface area contributed by atoms with Gasteiger partial charge in [0.05, 0.1) is 20.6 Å². The Labute approximate surface area is 181 Å². The average molecular weight is 470 g/mol. The van der Waals surface area contributed by atoms with Crippen LogP contribution in [-0.4, -0.2) is 55.7 Å². The van der Waals surface area contributed by atoms with E-state index in [1.165, 1.54) is 0 Å². The summed E-state index contributed by atoms with van der Waals surface area (Å²) in [4.78, 5) is 36.6. The summed E-state index contributed by atoms with van der Waals surface area (Å²) >= 11 is 0. The molecule has 0 radical (unpaired) electrons. The second-order valence-electron chi connectivity index (χ2n) is 8.42. The highest BCUT2D eigenvalue weighted by Crippen LogP contribution is 2.45. The summed E-state index contributed by atoms with van der Waals surface area (Å²) in [5.41, 5.74) is -1.33. The van der Waals surface area contributed by atoms with E-state index >= 15 is 0 Å². The van der Waals surface area contributed by atoms with Crippen molar-refractivity contribution in [3.63, 3.8) is 0 Å². The number of likely N-dealkylation sites (N-methyl/N-ethyl adjacent to an activating group) is 1. The smallest absolute Gasteiger partial charge is 0.356 e. The highest BCUT2D eigenvalue weighted by molar-refractivity contribution is 8.93. The predicted octanol–water partition coefficient (Wildman–Crippen LogP) is 1.33. The number of benzene rings is 1. The molecule has 0 aromatic heterocycles. The zero-order valence-corrected chi connectivity index (χ0v) is 18.5. The fourth-order valence-electron chi connectivity index (χ4n) is 4.47. The first-order valence-electron chi connectivity index (χ1n) is 9.77. The largest absolute Gasteiger partial charge is 0.539 e. The molecular weight excluding hydrogens is 442 g/mol. The first-order valence-corrected chi connectivity index (χ1v) is 9.77. The van der Waals surface area contributed by atoms with Crippen LogP contribution in [0.3, 0.4) is 0 Å². The molecule has 0 spiro atoms. The van der Waals surface area contributed by atoms with Crippen molar-refractivity contribution in [3.8, 4) is 0 Å². The first-order chi connectivity index (χ1) is 13.2. The molecule has 1 saturated carbocycles. The Morgan fingerprint density at radius 1 is 1.07 bits per heavy atom. The second kappa shape index (κ2) is 9.26. The third kappa shape index (κ3) is 4.98. The van der Waals surface area contributed by atoms with Gasteiger partial charge in [0, 0.05) is 17.9 Å². The molecule has 1 aliphatic heterocycles. The van der Waals surface area contributed by atoms with Crippen LogP contribution in [0.2, 0.25) is 0 Å². The minimum atomic E-state index is -1.97. The molecule has 2 aliphatic rings. The third-order valence-corrected chi connectivity index (χ3v) is 5.88. The van der Waals surface area contributed by atoms with Crippen LogP contribution in [0.15, 0.2) is 30.3 Å². The molecule has 29 heavy (non-hydrogen) atoms. The van der Waals surface area contributed by atoms with Gasteiger partial charge in [-0.15, -0.1) is 17.0 Å². The van der Waals surface area contributed by atoms with E-state index in [4.69, 9.17) is 9.47 Å². The van der Waals surface area contributed by atoms with Crippen molar-refractivity contribution in [2.24, 2.45) is 5.92 Å². The van der Waals surface area contributed by atoms with Crippen LogP contribution in [0, 0.1) is 5.92 Å². The van der Waals surface area contributed by atoms with Crippen molar-refractivity contribution >= 4 is 34.9 Å². The van der Waals surface area contributed by atoms with Gasteiger partial charge in [0.1, 0.15) is 6.54 Å². The zero-order valence-electron chi connectivity index (χ0n) is 16.8.